The lowest BCUT2D eigenvalue weighted by Gasteiger charge is -2.06. The van der Waals surface area contributed by atoms with Crippen molar-refractivity contribution >= 4 is 17.6 Å². The molecule has 6 heteroatoms. The van der Waals surface area contributed by atoms with Gasteiger partial charge in [0, 0.05) is 11.2 Å². The Bertz CT molecular complexity index is 590. The second-order valence-corrected chi connectivity index (χ2v) is 4.25. The third-order valence-electron chi connectivity index (χ3n) is 2.42. The lowest BCUT2D eigenvalue weighted by molar-refractivity contribution is 0.0681. The Labute approximate surface area is 114 Å². The molecule has 1 aromatic heterocycles. The number of carboxylic acid groups (broad SMARTS) is 1. The minimum atomic E-state index is -1.07. The minimum absolute atomic E-state index is 0.0496. The number of halogens is 1. The van der Waals surface area contributed by atoms with E-state index in [0.717, 1.165) is 5.56 Å². The van der Waals surface area contributed by atoms with Gasteiger partial charge < -0.3 is 9.84 Å². The highest BCUT2D eigenvalue weighted by molar-refractivity contribution is 6.30. The van der Waals surface area contributed by atoms with E-state index in [2.05, 4.69) is 9.97 Å². The van der Waals surface area contributed by atoms with Gasteiger partial charge in [0.05, 0.1) is 18.9 Å². The van der Waals surface area contributed by atoms with E-state index in [9.17, 15) is 4.79 Å². The van der Waals surface area contributed by atoms with Crippen LogP contribution >= 0.6 is 11.6 Å². The standard InChI is InChI=1S/C13H11ClN2O3/c14-10-3-1-2-9(4-10)6-19-7-12-11(13(17)18)5-15-8-16-12/h1-5,8H,6-7H2,(H,17,18). The molecule has 0 amide bonds. The second kappa shape index (κ2) is 6.26. The smallest absolute Gasteiger partial charge is 0.339 e. The molecule has 1 N–H and O–H groups in total. The Hall–Kier alpha value is -1.98. The van der Waals surface area contributed by atoms with Crippen molar-refractivity contribution in [2.75, 3.05) is 0 Å². The minimum Gasteiger partial charge on any atom is -0.478 e. The van der Waals surface area contributed by atoms with Gasteiger partial charge in [0.2, 0.25) is 0 Å². The molecule has 1 aromatic carbocycles. The van der Waals surface area contributed by atoms with Crippen molar-refractivity contribution in [3.63, 3.8) is 0 Å². The Balaban J connectivity index is 1.98. The first kappa shape index (κ1) is 13.5. The number of nitrogens with zero attached hydrogens (tertiary/aromatic N) is 2. The summed E-state index contributed by atoms with van der Waals surface area (Å²) in [6, 6.07) is 7.27. The van der Waals surface area contributed by atoms with E-state index in [0.29, 0.717) is 17.3 Å². The highest BCUT2D eigenvalue weighted by Crippen LogP contribution is 2.12. The fraction of sp³-hybridized carbons (Fsp3) is 0.154. The van der Waals surface area contributed by atoms with Gasteiger partial charge >= 0.3 is 5.97 Å². The first-order chi connectivity index (χ1) is 9.16. The fourth-order valence-corrected chi connectivity index (χ4v) is 1.75. The molecular weight excluding hydrogens is 268 g/mol. The lowest BCUT2D eigenvalue weighted by atomic mass is 10.2. The summed E-state index contributed by atoms with van der Waals surface area (Å²) in [7, 11) is 0. The zero-order chi connectivity index (χ0) is 13.7. The quantitative estimate of drug-likeness (QED) is 0.910. The van der Waals surface area contributed by atoms with Crippen LogP contribution in [0.1, 0.15) is 21.6 Å². The number of hydrogen-bond donors (Lipinski definition) is 1. The van der Waals surface area contributed by atoms with Crippen LogP contribution in [0.3, 0.4) is 0 Å². The molecule has 0 radical (unpaired) electrons. The highest BCUT2D eigenvalue weighted by atomic mass is 35.5. The average Bonchev–Trinajstić information content (AvgIpc) is 2.39. The number of hydrogen-bond acceptors (Lipinski definition) is 4. The Kier molecular flexibility index (Phi) is 4.43. The molecule has 0 aliphatic rings. The summed E-state index contributed by atoms with van der Waals surface area (Å²) in [5, 5.41) is 9.60. The van der Waals surface area contributed by atoms with Gasteiger partial charge in [-0.05, 0) is 17.7 Å². The summed E-state index contributed by atoms with van der Waals surface area (Å²) >= 11 is 5.85. The molecule has 0 fully saturated rings. The van der Waals surface area contributed by atoms with Gasteiger partial charge in [0.15, 0.2) is 0 Å². The van der Waals surface area contributed by atoms with Gasteiger partial charge in [-0.15, -0.1) is 0 Å². The maximum Gasteiger partial charge on any atom is 0.339 e. The average molecular weight is 279 g/mol. The van der Waals surface area contributed by atoms with Crippen LogP contribution < -0.4 is 0 Å². The fourth-order valence-electron chi connectivity index (χ4n) is 1.54. The predicted octanol–water partition coefficient (Wildman–Crippen LogP) is 2.55. The van der Waals surface area contributed by atoms with E-state index in [1.54, 1.807) is 12.1 Å². The molecule has 0 aliphatic heterocycles. The van der Waals surface area contributed by atoms with E-state index < -0.39 is 5.97 Å². The number of aromatic nitrogens is 2. The van der Waals surface area contributed by atoms with E-state index in [4.69, 9.17) is 21.4 Å². The molecule has 2 aromatic rings. The third kappa shape index (κ3) is 3.74. The van der Waals surface area contributed by atoms with Crippen LogP contribution in [-0.4, -0.2) is 21.0 Å². The largest absolute Gasteiger partial charge is 0.478 e. The number of rotatable bonds is 5. The monoisotopic (exact) mass is 278 g/mol. The van der Waals surface area contributed by atoms with Gasteiger partial charge in [-0.3, -0.25) is 0 Å². The van der Waals surface area contributed by atoms with Crippen molar-refractivity contribution in [3.8, 4) is 0 Å². The van der Waals surface area contributed by atoms with Crippen LogP contribution in [0.5, 0.6) is 0 Å². The van der Waals surface area contributed by atoms with Crippen LogP contribution in [0, 0.1) is 0 Å². The van der Waals surface area contributed by atoms with E-state index in [1.807, 2.05) is 12.1 Å². The molecule has 98 valence electrons. The van der Waals surface area contributed by atoms with Crippen LogP contribution in [0.4, 0.5) is 0 Å². The number of carboxylic acids is 1. The van der Waals surface area contributed by atoms with Crippen molar-refractivity contribution in [2.24, 2.45) is 0 Å². The van der Waals surface area contributed by atoms with Crippen LogP contribution in [-0.2, 0) is 18.0 Å². The number of benzene rings is 1. The summed E-state index contributed by atoms with van der Waals surface area (Å²) in [6.07, 6.45) is 2.55. The molecule has 0 aliphatic carbocycles. The van der Waals surface area contributed by atoms with Gasteiger partial charge in [0.1, 0.15) is 11.9 Å². The van der Waals surface area contributed by atoms with Gasteiger partial charge in [0.25, 0.3) is 0 Å². The van der Waals surface area contributed by atoms with Gasteiger partial charge in [-0.1, -0.05) is 23.7 Å². The van der Waals surface area contributed by atoms with Crippen molar-refractivity contribution in [3.05, 3.63) is 58.6 Å². The molecule has 2 rings (SSSR count). The first-order valence-electron chi connectivity index (χ1n) is 5.51. The number of carbonyl (C=O) groups is 1. The molecule has 19 heavy (non-hydrogen) atoms. The zero-order valence-electron chi connectivity index (χ0n) is 9.91. The third-order valence-corrected chi connectivity index (χ3v) is 2.66. The summed E-state index contributed by atoms with van der Waals surface area (Å²) in [5.74, 6) is -1.07. The van der Waals surface area contributed by atoms with Crippen LogP contribution in [0.25, 0.3) is 0 Å². The summed E-state index contributed by atoms with van der Waals surface area (Å²) in [4.78, 5) is 18.5. The SMILES string of the molecule is O=C(O)c1cncnc1COCc1cccc(Cl)c1. The topological polar surface area (TPSA) is 72.3 Å². The molecule has 0 bridgehead atoms. The second-order valence-electron chi connectivity index (χ2n) is 3.81. The van der Waals surface area contributed by atoms with Crippen molar-refractivity contribution in [1.82, 2.24) is 9.97 Å². The van der Waals surface area contributed by atoms with Crippen LogP contribution in [0.2, 0.25) is 5.02 Å². The van der Waals surface area contributed by atoms with E-state index >= 15 is 0 Å². The summed E-state index contributed by atoms with van der Waals surface area (Å²) in [5.41, 5.74) is 1.32. The number of aromatic carboxylic acids is 1. The van der Waals surface area contributed by atoms with Crippen molar-refractivity contribution in [1.29, 1.82) is 0 Å². The molecule has 0 saturated carbocycles. The zero-order valence-corrected chi connectivity index (χ0v) is 10.7. The molecule has 0 spiro atoms. The molecular formula is C13H11ClN2O3. The summed E-state index contributed by atoms with van der Waals surface area (Å²) < 4.78 is 5.44. The van der Waals surface area contributed by atoms with E-state index in [-0.39, 0.29) is 12.2 Å². The predicted molar refractivity (Wildman–Crippen MR) is 68.9 cm³/mol. The van der Waals surface area contributed by atoms with Crippen molar-refractivity contribution in [2.45, 2.75) is 13.2 Å². The van der Waals surface area contributed by atoms with Gasteiger partial charge in [-0.2, -0.15) is 0 Å². The Morgan fingerprint density at radius 1 is 1.37 bits per heavy atom. The first-order valence-corrected chi connectivity index (χ1v) is 5.89. The molecule has 0 atom stereocenters. The molecule has 1 heterocycles. The molecule has 0 saturated heterocycles. The lowest BCUT2D eigenvalue weighted by Crippen LogP contribution is -2.07. The summed E-state index contributed by atoms with van der Waals surface area (Å²) in [6.45, 7) is 0.445. The maximum absolute atomic E-state index is 10.9. The highest BCUT2D eigenvalue weighted by Gasteiger charge is 2.11. The molecule has 0 unspecified atom stereocenters. The Morgan fingerprint density at radius 2 is 2.21 bits per heavy atom. The Morgan fingerprint density at radius 3 is 2.95 bits per heavy atom. The van der Waals surface area contributed by atoms with Crippen LogP contribution in [0.15, 0.2) is 36.8 Å². The van der Waals surface area contributed by atoms with Gasteiger partial charge in [-0.25, -0.2) is 14.8 Å². The maximum atomic E-state index is 10.9. The normalized spacial score (nSPS) is 10.4. The van der Waals surface area contributed by atoms with E-state index in [1.165, 1.54) is 12.5 Å². The van der Waals surface area contributed by atoms with Crippen molar-refractivity contribution < 1.29 is 14.6 Å². The molecule has 5 nitrogen and oxygen atoms in total. The number of ether oxygens (including phenoxy) is 1.